The second-order valence-corrected chi connectivity index (χ2v) is 3.41. The van der Waals surface area contributed by atoms with E-state index in [2.05, 4.69) is 4.74 Å². The summed E-state index contributed by atoms with van der Waals surface area (Å²) < 4.78 is 17.7. The molecule has 1 N–H and O–H groups in total. The molecule has 12 heavy (non-hydrogen) atoms. The average molecular weight is 178 g/mol. The number of carboxylic acids is 1. The van der Waals surface area contributed by atoms with Crippen LogP contribution in [0.4, 0.5) is 4.39 Å². The third-order valence-corrected chi connectivity index (χ3v) is 1.45. The predicted octanol–water partition coefficient (Wildman–Crippen LogP) is 1.47. The molecule has 0 aliphatic carbocycles. The van der Waals surface area contributed by atoms with Gasteiger partial charge < -0.3 is 9.84 Å². The summed E-state index contributed by atoms with van der Waals surface area (Å²) in [5.41, 5.74) is -1.46. The van der Waals surface area contributed by atoms with Gasteiger partial charge in [-0.05, 0) is 20.3 Å². The zero-order valence-electron chi connectivity index (χ0n) is 7.63. The Morgan fingerprint density at radius 2 is 2.17 bits per heavy atom. The van der Waals surface area contributed by atoms with Crippen LogP contribution in [0.1, 0.15) is 20.3 Å². The van der Waals surface area contributed by atoms with Gasteiger partial charge in [0.25, 0.3) is 0 Å². The van der Waals surface area contributed by atoms with E-state index in [1.165, 1.54) is 21.0 Å². The molecule has 0 bridgehead atoms. The summed E-state index contributed by atoms with van der Waals surface area (Å²) in [7, 11) is 1.40. The van der Waals surface area contributed by atoms with E-state index in [4.69, 9.17) is 5.11 Å². The summed E-state index contributed by atoms with van der Waals surface area (Å²) in [6.45, 7) is 2.78. The summed E-state index contributed by atoms with van der Waals surface area (Å²) >= 11 is 0. The van der Waals surface area contributed by atoms with Gasteiger partial charge in [-0.15, -0.1) is 0 Å². The fourth-order valence-electron chi connectivity index (χ4n) is 1.00. The molecule has 0 aromatic carbocycles. The molecule has 72 valence electrons. The van der Waals surface area contributed by atoms with Crippen molar-refractivity contribution in [2.75, 3.05) is 13.7 Å². The topological polar surface area (TPSA) is 46.5 Å². The minimum absolute atomic E-state index is 0.0177. The monoisotopic (exact) mass is 178 g/mol. The molecule has 0 aromatic heterocycles. The molecule has 0 radical (unpaired) electrons. The zero-order chi connectivity index (χ0) is 9.78. The van der Waals surface area contributed by atoms with Gasteiger partial charge in [0.2, 0.25) is 0 Å². The number of halogens is 1. The Labute approximate surface area is 71.5 Å². The first-order valence-corrected chi connectivity index (χ1v) is 3.77. The number of methoxy groups -OCH3 is 1. The van der Waals surface area contributed by atoms with Crippen LogP contribution < -0.4 is 0 Å². The molecule has 0 aliphatic rings. The van der Waals surface area contributed by atoms with Crippen LogP contribution in [0.15, 0.2) is 0 Å². The number of aliphatic carboxylic acids is 1. The molecule has 0 aromatic rings. The minimum atomic E-state index is -1.46. The van der Waals surface area contributed by atoms with E-state index < -0.39 is 17.6 Å². The van der Waals surface area contributed by atoms with E-state index >= 15 is 0 Å². The Hall–Kier alpha value is -0.640. The van der Waals surface area contributed by atoms with Crippen molar-refractivity contribution in [3.63, 3.8) is 0 Å². The first kappa shape index (κ1) is 11.4. The van der Waals surface area contributed by atoms with E-state index in [0.29, 0.717) is 0 Å². The Balaban J connectivity index is 4.05. The third kappa shape index (κ3) is 5.07. The van der Waals surface area contributed by atoms with E-state index in [0.717, 1.165) is 0 Å². The van der Waals surface area contributed by atoms with Gasteiger partial charge in [-0.25, -0.2) is 4.39 Å². The van der Waals surface area contributed by atoms with E-state index in [9.17, 15) is 9.18 Å². The highest BCUT2D eigenvalue weighted by Gasteiger charge is 2.27. The van der Waals surface area contributed by atoms with Gasteiger partial charge in [0.1, 0.15) is 5.67 Å². The molecule has 4 heteroatoms. The van der Waals surface area contributed by atoms with Crippen molar-refractivity contribution in [2.24, 2.45) is 5.92 Å². The molecule has 0 aliphatic heterocycles. The van der Waals surface area contributed by atoms with Crippen molar-refractivity contribution in [3.8, 4) is 0 Å². The highest BCUT2D eigenvalue weighted by atomic mass is 19.1. The van der Waals surface area contributed by atoms with Crippen molar-refractivity contribution in [1.29, 1.82) is 0 Å². The average Bonchev–Trinajstić information content (AvgIpc) is 1.83. The lowest BCUT2D eigenvalue weighted by atomic mass is 9.96. The summed E-state index contributed by atoms with van der Waals surface area (Å²) in [5, 5.41) is 8.62. The fraction of sp³-hybridized carbons (Fsp3) is 0.875. The molecular weight excluding hydrogens is 163 g/mol. The first-order valence-electron chi connectivity index (χ1n) is 3.77. The summed E-state index contributed by atoms with van der Waals surface area (Å²) in [4.78, 5) is 10.5. The lowest BCUT2D eigenvalue weighted by molar-refractivity contribution is -0.145. The van der Waals surface area contributed by atoms with Crippen LogP contribution in [0.5, 0.6) is 0 Å². The molecule has 1 atom stereocenters. The molecule has 1 unspecified atom stereocenters. The SMILES string of the molecule is COCC(CC(C)(C)F)C(=O)O. The minimum Gasteiger partial charge on any atom is -0.481 e. The largest absolute Gasteiger partial charge is 0.481 e. The highest BCUT2D eigenvalue weighted by Crippen LogP contribution is 2.20. The van der Waals surface area contributed by atoms with Gasteiger partial charge in [-0.1, -0.05) is 0 Å². The summed E-state index contributed by atoms with van der Waals surface area (Å²) in [6, 6.07) is 0. The van der Waals surface area contributed by atoms with Crippen LogP contribution in [-0.4, -0.2) is 30.5 Å². The molecule has 0 spiro atoms. The molecule has 0 heterocycles. The van der Waals surface area contributed by atoms with Crippen molar-refractivity contribution in [2.45, 2.75) is 25.9 Å². The number of carboxylic acid groups (broad SMARTS) is 1. The Morgan fingerprint density at radius 1 is 1.67 bits per heavy atom. The number of ether oxygens (including phenoxy) is 1. The predicted molar refractivity (Wildman–Crippen MR) is 42.8 cm³/mol. The smallest absolute Gasteiger partial charge is 0.308 e. The maximum atomic E-state index is 13.0. The fourth-order valence-corrected chi connectivity index (χ4v) is 1.00. The van der Waals surface area contributed by atoms with Crippen LogP contribution in [0.3, 0.4) is 0 Å². The Bertz CT molecular complexity index is 151. The molecule has 0 saturated carbocycles. The van der Waals surface area contributed by atoms with Crippen LogP contribution in [-0.2, 0) is 9.53 Å². The number of hydrogen-bond acceptors (Lipinski definition) is 2. The van der Waals surface area contributed by atoms with Gasteiger partial charge in [-0.3, -0.25) is 4.79 Å². The standard InChI is InChI=1S/C8H15FO3/c1-8(2,9)4-6(5-12-3)7(10)11/h6H,4-5H2,1-3H3,(H,10,11). The van der Waals surface area contributed by atoms with Crippen LogP contribution in [0, 0.1) is 5.92 Å². The molecule has 0 fully saturated rings. The maximum Gasteiger partial charge on any atom is 0.308 e. The van der Waals surface area contributed by atoms with E-state index in [1.807, 2.05) is 0 Å². The second kappa shape index (κ2) is 4.40. The quantitative estimate of drug-likeness (QED) is 0.693. The molecular formula is C8H15FO3. The molecule has 0 saturated heterocycles. The first-order chi connectivity index (χ1) is 5.37. The van der Waals surface area contributed by atoms with Crippen molar-refractivity contribution in [1.82, 2.24) is 0 Å². The molecule has 0 amide bonds. The van der Waals surface area contributed by atoms with Gasteiger partial charge >= 0.3 is 5.97 Å². The number of alkyl halides is 1. The summed E-state index contributed by atoms with van der Waals surface area (Å²) in [5.74, 6) is -1.77. The maximum absolute atomic E-state index is 13.0. The highest BCUT2D eigenvalue weighted by molar-refractivity contribution is 5.70. The lowest BCUT2D eigenvalue weighted by Gasteiger charge is -2.18. The van der Waals surface area contributed by atoms with Gasteiger partial charge in [0, 0.05) is 7.11 Å². The van der Waals surface area contributed by atoms with Gasteiger partial charge in [0.05, 0.1) is 12.5 Å². The Kier molecular flexibility index (Phi) is 4.17. The van der Waals surface area contributed by atoms with Crippen molar-refractivity contribution >= 4 is 5.97 Å². The number of hydrogen-bond donors (Lipinski definition) is 1. The van der Waals surface area contributed by atoms with E-state index in [1.54, 1.807) is 0 Å². The van der Waals surface area contributed by atoms with Crippen molar-refractivity contribution in [3.05, 3.63) is 0 Å². The number of rotatable bonds is 5. The Morgan fingerprint density at radius 3 is 2.42 bits per heavy atom. The van der Waals surface area contributed by atoms with Gasteiger partial charge in [-0.2, -0.15) is 0 Å². The molecule has 0 rings (SSSR count). The lowest BCUT2D eigenvalue weighted by Crippen LogP contribution is -2.27. The zero-order valence-corrected chi connectivity index (χ0v) is 7.63. The van der Waals surface area contributed by atoms with Crippen molar-refractivity contribution < 1.29 is 19.0 Å². The van der Waals surface area contributed by atoms with Crippen LogP contribution in [0.2, 0.25) is 0 Å². The second-order valence-electron chi connectivity index (χ2n) is 3.41. The molecule has 3 nitrogen and oxygen atoms in total. The third-order valence-electron chi connectivity index (χ3n) is 1.45. The number of carbonyl (C=O) groups is 1. The summed E-state index contributed by atoms with van der Waals surface area (Å²) in [6.07, 6.45) is -0.0177. The van der Waals surface area contributed by atoms with Crippen LogP contribution in [0.25, 0.3) is 0 Å². The van der Waals surface area contributed by atoms with Gasteiger partial charge in [0.15, 0.2) is 0 Å². The van der Waals surface area contributed by atoms with E-state index in [-0.39, 0.29) is 13.0 Å². The van der Waals surface area contributed by atoms with Crippen LogP contribution >= 0.6 is 0 Å². The normalized spacial score (nSPS) is 14.3.